The summed E-state index contributed by atoms with van der Waals surface area (Å²) in [5, 5.41) is 0. The van der Waals surface area contributed by atoms with Crippen molar-refractivity contribution in [3.63, 3.8) is 0 Å². The first kappa shape index (κ1) is 13.8. The predicted molar refractivity (Wildman–Crippen MR) is 37.4 cm³/mol. The maximum Gasteiger partial charge on any atom is 1.00 e. The molecule has 0 aromatic heterocycles. The number of hydrogen-bond acceptors (Lipinski definition) is 4. The molecule has 0 spiro atoms. The van der Waals surface area contributed by atoms with E-state index in [1.807, 2.05) is 0 Å². The molecule has 0 fully saturated rings. The topological polar surface area (TPSA) is 57.2 Å². The van der Waals surface area contributed by atoms with E-state index in [2.05, 4.69) is 12.6 Å². The second-order valence-electron chi connectivity index (χ2n) is 1.74. The zero-order valence-corrected chi connectivity index (χ0v) is 9.78. The van der Waals surface area contributed by atoms with Gasteiger partial charge in [-0.25, -0.2) is 8.42 Å². The van der Waals surface area contributed by atoms with E-state index in [4.69, 9.17) is 0 Å². The summed E-state index contributed by atoms with van der Waals surface area (Å²) in [5.74, 6) is 0. The Kier molecular flexibility index (Phi) is 8.09. The van der Waals surface area contributed by atoms with Crippen LogP contribution >= 0.6 is 12.6 Å². The van der Waals surface area contributed by atoms with Gasteiger partial charge >= 0.3 is 29.6 Å². The standard InChI is InChI=1S/C4H10O3S2.Na/c1-2-3-4(8)9(5,6)7;/h4,8H,2-3H2,1H3,(H,5,6,7);/q;+1/p-1. The van der Waals surface area contributed by atoms with Crippen LogP contribution in [0.4, 0.5) is 0 Å². The van der Waals surface area contributed by atoms with Gasteiger partial charge in [0.05, 0.1) is 4.58 Å². The molecule has 0 aliphatic carbocycles. The maximum absolute atomic E-state index is 10.1. The third-order valence-electron chi connectivity index (χ3n) is 0.869. The Balaban J connectivity index is 0. The normalized spacial score (nSPS) is 13.9. The van der Waals surface area contributed by atoms with Gasteiger partial charge in [-0.3, -0.25) is 0 Å². The largest absolute Gasteiger partial charge is 1.00 e. The fraction of sp³-hybridized carbons (Fsp3) is 1.00. The molecule has 0 rings (SSSR count). The summed E-state index contributed by atoms with van der Waals surface area (Å²) in [6.07, 6.45) is 0.991. The molecular weight excluding hydrogens is 183 g/mol. The molecule has 6 heteroatoms. The van der Waals surface area contributed by atoms with Gasteiger partial charge in [0.25, 0.3) is 0 Å². The van der Waals surface area contributed by atoms with E-state index in [1.54, 1.807) is 6.92 Å². The molecule has 0 saturated carbocycles. The van der Waals surface area contributed by atoms with Gasteiger partial charge in [0.1, 0.15) is 10.1 Å². The third-order valence-corrected chi connectivity index (χ3v) is 2.80. The fourth-order valence-electron chi connectivity index (χ4n) is 0.391. The SMILES string of the molecule is CCCC(S)S(=O)(=O)[O-].[Na+]. The van der Waals surface area contributed by atoms with Crippen molar-refractivity contribution in [1.82, 2.24) is 0 Å². The molecule has 1 unspecified atom stereocenters. The second-order valence-corrected chi connectivity index (χ2v) is 4.26. The van der Waals surface area contributed by atoms with Crippen LogP contribution in [0.25, 0.3) is 0 Å². The van der Waals surface area contributed by atoms with Crippen molar-refractivity contribution < 1.29 is 42.5 Å². The van der Waals surface area contributed by atoms with Gasteiger partial charge in [-0.15, -0.1) is 0 Å². The maximum atomic E-state index is 10.1. The number of rotatable bonds is 3. The van der Waals surface area contributed by atoms with E-state index < -0.39 is 14.7 Å². The minimum absolute atomic E-state index is 0. The van der Waals surface area contributed by atoms with Crippen LogP contribution in [0.3, 0.4) is 0 Å². The Morgan fingerprint density at radius 3 is 2.10 bits per heavy atom. The minimum Gasteiger partial charge on any atom is -0.747 e. The Bertz CT molecular complexity index is 165. The van der Waals surface area contributed by atoms with E-state index in [1.165, 1.54) is 0 Å². The van der Waals surface area contributed by atoms with Crippen molar-refractivity contribution in [1.29, 1.82) is 0 Å². The van der Waals surface area contributed by atoms with Crippen molar-refractivity contribution >= 4 is 22.7 Å². The van der Waals surface area contributed by atoms with Crippen molar-refractivity contribution in [3.8, 4) is 0 Å². The van der Waals surface area contributed by atoms with Crippen LogP contribution < -0.4 is 29.6 Å². The zero-order chi connectivity index (χ0) is 7.49. The fourth-order valence-corrected chi connectivity index (χ4v) is 1.17. The minimum atomic E-state index is -4.15. The first-order valence-corrected chi connectivity index (χ1v) is 4.60. The Morgan fingerprint density at radius 2 is 2.00 bits per heavy atom. The van der Waals surface area contributed by atoms with Crippen LogP contribution in [0.2, 0.25) is 0 Å². The average molecular weight is 192 g/mol. The summed E-state index contributed by atoms with van der Waals surface area (Å²) in [4.78, 5) is 0. The molecule has 1 atom stereocenters. The smallest absolute Gasteiger partial charge is 0.747 e. The Hall–Kier alpha value is 1.26. The first-order chi connectivity index (χ1) is 3.98. The summed E-state index contributed by atoms with van der Waals surface area (Å²) in [6.45, 7) is 1.80. The van der Waals surface area contributed by atoms with Crippen molar-refractivity contribution in [2.45, 2.75) is 24.3 Å². The van der Waals surface area contributed by atoms with Gasteiger partial charge in [0.2, 0.25) is 0 Å². The van der Waals surface area contributed by atoms with E-state index in [-0.39, 0.29) is 29.6 Å². The molecule has 0 N–H and O–H groups in total. The van der Waals surface area contributed by atoms with Gasteiger partial charge in [0, 0.05) is 0 Å². The second kappa shape index (κ2) is 5.85. The van der Waals surface area contributed by atoms with Crippen LogP contribution in [0.1, 0.15) is 19.8 Å². The molecular formula is C4H9NaO3S2. The molecule has 3 nitrogen and oxygen atoms in total. The summed E-state index contributed by atoms with van der Waals surface area (Å²) in [7, 11) is -4.15. The van der Waals surface area contributed by atoms with Crippen LogP contribution in [0, 0.1) is 0 Å². The quantitative estimate of drug-likeness (QED) is 0.308. The predicted octanol–water partition coefficient (Wildman–Crippen LogP) is -2.41. The van der Waals surface area contributed by atoms with E-state index in [0.717, 1.165) is 0 Å². The van der Waals surface area contributed by atoms with Gasteiger partial charge in [0.15, 0.2) is 0 Å². The molecule has 0 bridgehead atoms. The average Bonchev–Trinajstić information content (AvgIpc) is 1.64. The Morgan fingerprint density at radius 1 is 1.60 bits per heavy atom. The van der Waals surface area contributed by atoms with Gasteiger partial charge in [-0.05, 0) is 6.42 Å². The van der Waals surface area contributed by atoms with E-state index in [0.29, 0.717) is 12.8 Å². The van der Waals surface area contributed by atoms with Crippen molar-refractivity contribution in [2.24, 2.45) is 0 Å². The molecule has 0 radical (unpaired) electrons. The van der Waals surface area contributed by atoms with Crippen molar-refractivity contribution in [3.05, 3.63) is 0 Å². The first-order valence-electron chi connectivity index (χ1n) is 2.61. The molecule has 0 aliphatic rings. The summed E-state index contributed by atoms with van der Waals surface area (Å²) >= 11 is 3.59. The van der Waals surface area contributed by atoms with Gasteiger partial charge in [-0.1, -0.05) is 13.3 Å². The van der Waals surface area contributed by atoms with Gasteiger partial charge < -0.3 is 4.55 Å². The third kappa shape index (κ3) is 6.00. The van der Waals surface area contributed by atoms with Gasteiger partial charge in [-0.2, -0.15) is 12.6 Å². The van der Waals surface area contributed by atoms with Crippen molar-refractivity contribution in [2.75, 3.05) is 0 Å². The molecule has 0 aromatic rings. The molecule has 10 heavy (non-hydrogen) atoms. The van der Waals surface area contributed by atoms with E-state index in [9.17, 15) is 13.0 Å². The Labute approximate surface area is 89.0 Å². The molecule has 0 amide bonds. The summed E-state index contributed by atoms with van der Waals surface area (Å²) in [6, 6.07) is 0. The van der Waals surface area contributed by atoms with Crippen LogP contribution in [-0.2, 0) is 10.1 Å². The summed E-state index contributed by atoms with van der Waals surface area (Å²) in [5.41, 5.74) is 0. The molecule has 0 aliphatic heterocycles. The zero-order valence-electron chi connectivity index (χ0n) is 6.07. The van der Waals surface area contributed by atoms with Crippen LogP contribution in [-0.4, -0.2) is 17.6 Å². The van der Waals surface area contributed by atoms with E-state index >= 15 is 0 Å². The monoisotopic (exact) mass is 192 g/mol. The number of thiol groups is 1. The van der Waals surface area contributed by atoms with Crippen LogP contribution in [0.5, 0.6) is 0 Å². The number of hydrogen-bond donors (Lipinski definition) is 1. The molecule has 0 saturated heterocycles. The summed E-state index contributed by atoms with van der Waals surface area (Å²) < 4.78 is 29.2. The van der Waals surface area contributed by atoms with Crippen LogP contribution in [0.15, 0.2) is 0 Å². The molecule has 0 heterocycles. The molecule has 56 valence electrons. The molecule has 0 aromatic carbocycles.